The minimum Gasteiger partial charge on any atom is -0.396 e. The monoisotopic (exact) mass is 174 g/mol. The van der Waals surface area contributed by atoms with Gasteiger partial charge in [0.2, 0.25) is 0 Å². The molecular weight excluding hydrogens is 156 g/mol. The molecule has 0 aliphatic carbocycles. The van der Waals surface area contributed by atoms with Crippen LogP contribution in [0.1, 0.15) is 12.8 Å². The summed E-state index contributed by atoms with van der Waals surface area (Å²) < 4.78 is 0. The maximum atomic E-state index is 8.68. The van der Waals surface area contributed by atoms with E-state index < -0.39 is 0 Å². The third-order valence-electron chi connectivity index (χ3n) is 2.26. The summed E-state index contributed by atoms with van der Waals surface area (Å²) in [4.78, 5) is 0. The quantitative estimate of drug-likeness (QED) is 0.427. The first-order chi connectivity index (χ1) is 5.86. The van der Waals surface area contributed by atoms with Crippen LogP contribution in [0, 0.1) is 0 Å². The van der Waals surface area contributed by atoms with Gasteiger partial charge in [0.1, 0.15) is 0 Å². The lowest BCUT2D eigenvalue weighted by atomic mass is 10.1. The molecule has 2 atom stereocenters. The predicted molar refractivity (Wildman–Crippen MR) is 47.0 cm³/mol. The number of piperazine rings is 1. The molecule has 1 aliphatic rings. The number of nitrogens with one attached hydrogen (secondary N) is 2. The first kappa shape index (κ1) is 9.92. The van der Waals surface area contributed by atoms with Crippen LogP contribution in [0.25, 0.3) is 0 Å². The second-order valence-electron chi connectivity index (χ2n) is 3.23. The van der Waals surface area contributed by atoms with E-state index in [1.54, 1.807) is 0 Å². The number of rotatable bonds is 4. The predicted octanol–water partition coefficient (Wildman–Crippen LogP) is -1.32. The SMILES string of the molecule is OCCC1CNC(CCO)CN1. The standard InChI is InChI=1S/C8H18N2O2/c11-3-1-7-5-10-8(2-4-12)6-9-7/h7-12H,1-6H2. The zero-order chi connectivity index (χ0) is 8.81. The van der Waals surface area contributed by atoms with Crippen molar-refractivity contribution in [1.29, 1.82) is 0 Å². The Balaban J connectivity index is 2.11. The Morgan fingerprint density at radius 1 is 0.917 bits per heavy atom. The summed E-state index contributed by atoms with van der Waals surface area (Å²) in [6.45, 7) is 2.27. The molecule has 1 saturated heterocycles. The van der Waals surface area contributed by atoms with Gasteiger partial charge in [-0.25, -0.2) is 0 Å². The summed E-state index contributed by atoms with van der Waals surface area (Å²) in [5.41, 5.74) is 0. The van der Waals surface area contributed by atoms with Gasteiger partial charge < -0.3 is 20.8 Å². The van der Waals surface area contributed by atoms with E-state index in [-0.39, 0.29) is 13.2 Å². The van der Waals surface area contributed by atoms with Crippen LogP contribution in [-0.2, 0) is 0 Å². The molecule has 0 radical (unpaired) electrons. The van der Waals surface area contributed by atoms with Crippen molar-refractivity contribution >= 4 is 0 Å². The van der Waals surface area contributed by atoms with Gasteiger partial charge in [0, 0.05) is 38.4 Å². The molecule has 72 valence electrons. The van der Waals surface area contributed by atoms with Gasteiger partial charge in [-0.1, -0.05) is 0 Å². The topological polar surface area (TPSA) is 64.5 Å². The van der Waals surface area contributed by atoms with Crippen molar-refractivity contribution < 1.29 is 10.2 Å². The van der Waals surface area contributed by atoms with Crippen LogP contribution < -0.4 is 10.6 Å². The van der Waals surface area contributed by atoms with E-state index in [2.05, 4.69) is 10.6 Å². The lowest BCUT2D eigenvalue weighted by molar-refractivity contribution is 0.220. The van der Waals surface area contributed by atoms with Crippen molar-refractivity contribution in [2.75, 3.05) is 26.3 Å². The maximum Gasteiger partial charge on any atom is 0.0446 e. The molecule has 0 aromatic heterocycles. The summed E-state index contributed by atoms with van der Waals surface area (Å²) in [5.74, 6) is 0. The van der Waals surface area contributed by atoms with E-state index in [0.29, 0.717) is 12.1 Å². The lowest BCUT2D eigenvalue weighted by Gasteiger charge is -2.30. The molecular formula is C8H18N2O2. The largest absolute Gasteiger partial charge is 0.396 e. The fourth-order valence-corrected chi connectivity index (χ4v) is 1.48. The summed E-state index contributed by atoms with van der Waals surface area (Å²) in [7, 11) is 0. The van der Waals surface area contributed by atoms with Crippen LogP contribution in [0.3, 0.4) is 0 Å². The number of hydrogen-bond donors (Lipinski definition) is 4. The molecule has 4 N–H and O–H groups in total. The minimum atomic E-state index is 0.240. The van der Waals surface area contributed by atoms with Crippen molar-refractivity contribution in [2.45, 2.75) is 24.9 Å². The van der Waals surface area contributed by atoms with Crippen LogP contribution in [0.2, 0.25) is 0 Å². The highest BCUT2D eigenvalue weighted by atomic mass is 16.3. The first-order valence-electron chi connectivity index (χ1n) is 4.55. The molecule has 2 unspecified atom stereocenters. The Morgan fingerprint density at radius 3 is 1.58 bits per heavy atom. The van der Waals surface area contributed by atoms with Crippen molar-refractivity contribution in [1.82, 2.24) is 10.6 Å². The molecule has 12 heavy (non-hydrogen) atoms. The van der Waals surface area contributed by atoms with E-state index >= 15 is 0 Å². The van der Waals surface area contributed by atoms with Crippen LogP contribution in [-0.4, -0.2) is 48.6 Å². The van der Waals surface area contributed by atoms with Gasteiger partial charge in [0.05, 0.1) is 0 Å². The first-order valence-corrected chi connectivity index (χ1v) is 4.55. The zero-order valence-electron chi connectivity index (χ0n) is 7.29. The molecule has 4 nitrogen and oxygen atoms in total. The fourth-order valence-electron chi connectivity index (χ4n) is 1.48. The summed E-state index contributed by atoms with van der Waals surface area (Å²) in [6, 6.07) is 0.787. The smallest absolute Gasteiger partial charge is 0.0446 e. The Morgan fingerprint density at radius 2 is 1.33 bits per heavy atom. The molecule has 0 spiro atoms. The molecule has 1 fully saturated rings. The third-order valence-corrected chi connectivity index (χ3v) is 2.26. The normalized spacial score (nSPS) is 30.5. The molecule has 1 aliphatic heterocycles. The van der Waals surface area contributed by atoms with Gasteiger partial charge in [-0.15, -0.1) is 0 Å². The summed E-state index contributed by atoms with van der Waals surface area (Å²) in [6.07, 6.45) is 1.61. The summed E-state index contributed by atoms with van der Waals surface area (Å²) >= 11 is 0. The number of hydrogen-bond acceptors (Lipinski definition) is 4. The van der Waals surface area contributed by atoms with Gasteiger partial charge in [-0.2, -0.15) is 0 Å². The third kappa shape index (κ3) is 3.06. The molecule has 0 bridgehead atoms. The Kier molecular flexibility index (Phi) is 4.53. The van der Waals surface area contributed by atoms with Crippen molar-refractivity contribution in [3.05, 3.63) is 0 Å². The average molecular weight is 174 g/mol. The van der Waals surface area contributed by atoms with E-state index in [0.717, 1.165) is 25.9 Å². The van der Waals surface area contributed by atoms with Crippen LogP contribution in [0.4, 0.5) is 0 Å². The van der Waals surface area contributed by atoms with E-state index in [1.165, 1.54) is 0 Å². The zero-order valence-corrected chi connectivity index (χ0v) is 7.29. The summed E-state index contributed by atoms with van der Waals surface area (Å²) in [5, 5.41) is 24.0. The van der Waals surface area contributed by atoms with Gasteiger partial charge in [0.25, 0.3) is 0 Å². The molecule has 1 heterocycles. The molecule has 0 aromatic carbocycles. The van der Waals surface area contributed by atoms with Crippen molar-refractivity contribution in [2.24, 2.45) is 0 Å². The lowest BCUT2D eigenvalue weighted by Crippen LogP contribution is -2.54. The van der Waals surface area contributed by atoms with E-state index in [9.17, 15) is 0 Å². The Bertz CT molecular complexity index is 99.6. The Hall–Kier alpha value is -0.160. The van der Waals surface area contributed by atoms with Crippen LogP contribution in [0.5, 0.6) is 0 Å². The average Bonchev–Trinajstić information content (AvgIpc) is 2.09. The second-order valence-corrected chi connectivity index (χ2v) is 3.23. The highest BCUT2D eigenvalue weighted by molar-refractivity contribution is 4.82. The van der Waals surface area contributed by atoms with Gasteiger partial charge in [-0.3, -0.25) is 0 Å². The highest BCUT2D eigenvalue weighted by Gasteiger charge is 2.18. The highest BCUT2D eigenvalue weighted by Crippen LogP contribution is 1.99. The molecule has 4 heteroatoms. The van der Waals surface area contributed by atoms with E-state index in [4.69, 9.17) is 10.2 Å². The van der Waals surface area contributed by atoms with Crippen LogP contribution in [0.15, 0.2) is 0 Å². The number of aliphatic hydroxyl groups is 2. The maximum absolute atomic E-state index is 8.68. The van der Waals surface area contributed by atoms with Crippen LogP contribution >= 0.6 is 0 Å². The van der Waals surface area contributed by atoms with Crippen molar-refractivity contribution in [3.63, 3.8) is 0 Å². The van der Waals surface area contributed by atoms with Gasteiger partial charge in [-0.05, 0) is 12.8 Å². The van der Waals surface area contributed by atoms with Gasteiger partial charge in [0.15, 0.2) is 0 Å². The fraction of sp³-hybridized carbons (Fsp3) is 1.00. The van der Waals surface area contributed by atoms with Crippen molar-refractivity contribution in [3.8, 4) is 0 Å². The molecule has 0 amide bonds. The molecule has 0 saturated carbocycles. The van der Waals surface area contributed by atoms with Gasteiger partial charge >= 0.3 is 0 Å². The minimum absolute atomic E-state index is 0.240. The molecule has 0 aromatic rings. The Labute approximate surface area is 73.0 Å². The number of aliphatic hydroxyl groups excluding tert-OH is 2. The van der Waals surface area contributed by atoms with E-state index in [1.807, 2.05) is 0 Å². The molecule has 1 rings (SSSR count). The second kappa shape index (κ2) is 5.48.